The molecule has 2 nitrogen and oxygen atoms in total. The number of benzene rings is 1. The molecule has 1 N–H and O–H groups in total. The van der Waals surface area contributed by atoms with Crippen molar-refractivity contribution in [3.8, 4) is 0 Å². The molecule has 0 radical (unpaired) electrons. The predicted octanol–water partition coefficient (Wildman–Crippen LogP) is 4.55. The standard InChI is InChI=1S/C14H11ClF4N2/c15-12-7-10(14(17,18)19)8-13(21-12)20-6-5-9-3-1-2-4-11(9)16/h1-4,7-8H,5-6H2,(H,20,21). The Hall–Kier alpha value is -1.82. The Morgan fingerprint density at radius 1 is 1.14 bits per heavy atom. The Morgan fingerprint density at radius 2 is 1.86 bits per heavy atom. The highest BCUT2D eigenvalue weighted by Gasteiger charge is 2.31. The zero-order chi connectivity index (χ0) is 15.5. The Balaban J connectivity index is 2.04. The monoisotopic (exact) mass is 318 g/mol. The molecule has 1 aromatic heterocycles. The highest BCUT2D eigenvalue weighted by atomic mass is 35.5. The third-order valence-electron chi connectivity index (χ3n) is 2.78. The van der Waals surface area contributed by atoms with Crippen LogP contribution < -0.4 is 5.32 Å². The van der Waals surface area contributed by atoms with Gasteiger partial charge in [-0.1, -0.05) is 29.8 Å². The van der Waals surface area contributed by atoms with Crippen LogP contribution in [-0.2, 0) is 12.6 Å². The second-order valence-corrected chi connectivity index (χ2v) is 4.72. The lowest BCUT2D eigenvalue weighted by molar-refractivity contribution is -0.137. The zero-order valence-electron chi connectivity index (χ0n) is 10.7. The van der Waals surface area contributed by atoms with Gasteiger partial charge in [-0.25, -0.2) is 9.37 Å². The van der Waals surface area contributed by atoms with Crippen LogP contribution >= 0.6 is 11.6 Å². The molecule has 0 aliphatic carbocycles. The quantitative estimate of drug-likeness (QED) is 0.661. The fraction of sp³-hybridized carbons (Fsp3) is 0.214. The number of hydrogen-bond donors (Lipinski definition) is 1. The molecule has 7 heteroatoms. The van der Waals surface area contributed by atoms with Crippen LogP contribution in [0.4, 0.5) is 23.4 Å². The summed E-state index contributed by atoms with van der Waals surface area (Å²) in [6.45, 7) is 0.242. The maximum absolute atomic E-state index is 13.4. The van der Waals surface area contributed by atoms with Gasteiger partial charge in [0.05, 0.1) is 5.56 Å². The van der Waals surface area contributed by atoms with Crippen molar-refractivity contribution in [2.24, 2.45) is 0 Å². The number of nitrogens with zero attached hydrogens (tertiary/aromatic N) is 1. The van der Waals surface area contributed by atoms with E-state index >= 15 is 0 Å². The summed E-state index contributed by atoms with van der Waals surface area (Å²) < 4.78 is 51.3. The first kappa shape index (κ1) is 15.6. The highest BCUT2D eigenvalue weighted by Crippen LogP contribution is 2.31. The van der Waals surface area contributed by atoms with E-state index in [0.29, 0.717) is 12.0 Å². The normalized spacial score (nSPS) is 11.5. The van der Waals surface area contributed by atoms with E-state index in [1.54, 1.807) is 18.2 Å². The van der Waals surface area contributed by atoms with Gasteiger partial charge in [0.2, 0.25) is 0 Å². The lowest BCUT2D eigenvalue weighted by Gasteiger charge is -2.11. The van der Waals surface area contributed by atoms with Crippen LogP contribution in [0.2, 0.25) is 5.15 Å². The molecular weight excluding hydrogens is 308 g/mol. The lowest BCUT2D eigenvalue weighted by Crippen LogP contribution is -2.10. The highest BCUT2D eigenvalue weighted by molar-refractivity contribution is 6.29. The molecule has 0 aliphatic rings. The number of nitrogens with one attached hydrogen (secondary N) is 1. The summed E-state index contributed by atoms with van der Waals surface area (Å²) in [6, 6.07) is 7.83. The molecule has 112 valence electrons. The Kier molecular flexibility index (Phi) is 4.67. The maximum Gasteiger partial charge on any atom is 0.416 e. The number of rotatable bonds is 4. The molecule has 0 spiro atoms. The van der Waals surface area contributed by atoms with E-state index in [2.05, 4.69) is 10.3 Å². The maximum atomic E-state index is 13.4. The molecule has 0 saturated heterocycles. The van der Waals surface area contributed by atoms with E-state index in [1.807, 2.05) is 0 Å². The van der Waals surface area contributed by atoms with Gasteiger partial charge in [-0.05, 0) is 30.2 Å². The van der Waals surface area contributed by atoms with Crippen LogP contribution in [0.1, 0.15) is 11.1 Å². The molecule has 0 aliphatic heterocycles. The minimum Gasteiger partial charge on any atom is -0.370 e. The van der Waals surface area contributed by atoms with Crippen LogP contribution in [0.5, 0.6) is 0 Å². The average Bonchev–Trinajstić information content (AvgIpc) is 2.39. The van der Waals surface area contributed by atoms with E-state index in [9.17, 15) is 17.6 Å². The summed E-state index contributed by atoms with van der Waals surface area (Å²) in [5.74, 6) is -0.347. The minimum atomic E-state index is -4.49. The van der Waals surface area contributed by atoms with Gasteiger partial charge in [0.1, 0.15) is 16.8 Å². The third-order valence-corrected chi connectivity index (χ3v) is 2.97. The SMILES string of the molecule is Fc1ccccc1CCNc1cc(C(F)(F)F)cc(Cl)n1. The Morgan fingerprint density at radius 3 is 2.52 bits per heavy atom. The van der Waals surface area contributed by atoms with Crippen molar-refractivity contribution in [1.29, 1.82) is 0 Å². The summed E-state index contributed by atoms with van der Waals surface area (Å²) in [7, 11) is 0. The summed E-state index contributed by atoms with van der Waals surface area (Å²) >= 11 is 5.57. The second-order valence-electron chi connectivity index (χ2n) is 4.33. The fourth-order valence-electron chi connectivity index (χ4n) is 1.78. The van der Waals surface area contributed by atoms with Gasteiger partial charge in [0.15, 0.2) is 0 Å². The molecule has 0 bridgehead atoms. The molecule has 2 rings (SSSR count). The van der Waals surface area contributed by atoms with Crippen LogP contribution in [-0.4, -0.2) is 11.5 Å². The largest absolute Gasteiger partial charge is 0.416 e. The Labute approximate surface area is 123 Å². The lowest BCUT2D eigenvalue weighted by atomic mass is 10.1. The van der Waals surface area contributed by atoms with Crippen LogP contribution in [0.15, 0.2) is 36.4 Å². The number of alkyl halides is 3. The number of aromatic nitrogens is 1. The van der Waals surface area contributed by atoms with Crippen molar-refractivity contribution in [1.82, 2.24) is 4.98 Å². The van der Waals surface area contributed by atoms with Crippen molar-refractivity contribution in [2.45, 2.75) is 12.6 Å². The molecule has 0 fully saturated rings. The summed E-state index contributed by atoms with van der Waals surface area (Å²) in [5.41, 5.74) is -0.404. The van der Waals surface area contributed by atoms with Crippen molar-refractivity contribution in [3.63, 3.8) is 0 Å². The van der Waals surface area contributed by atoms with Gasteiger partial charge in [-0.2, -0.15) is 13.2 Å². The topological polar surface area (TPSA) is 24.9 Å². The molecular formula is C14H11ClF4N2. The number of pyridine rings is 1. The van der Waals surface area contributed by atoms with Crippen LogP contribution in [0.3, 0.4) is 0 Å². The third kappa shape index (κ3) is 4.32. The van der Waals surface area contributed by atoms with Gasteiger partial charge >= 0.3 is 6.18 Å². The summed E-state index contributed by atoms with van der Waals surface area (Å²) in [6.07, 6.45) is -4.17. The van der Waals surface area contributed by atoms with E-state index in [1.165, 1.54) is 6.07 Å². The van der Waals surface area contributed by atoms with E-state index < -0.39 is 11.7 Å². The van der Waals surface area contributed by atoms with Gasteiger partial charge in [-0.3, -0.25) is 0 Å². The van der Waals surface area contributed by atoms with Crippen LogP contribution in [0.25, 0.3) is 0 Å². The first-order chi connectivity index (χ1) is 9.86. The Bertz CT molecular complexity index is 629. The molecule has 0 amide bonds. The van der Waals surface area contributed by atoms with Crippen molar-refractivity contribution >= 4 is 17.4 Å². The van der Waals surface area contributed by atoms with Gasteiger partial charge in [0, 0.05) is 6.54 Å². The first-order valence-electron chi connectivity index (χ1n) is 6.08. The number of halogens is 5. The molecule has 2 aromatic rings. The molecule has 0 atom stereocenters. The molecule has 1 heterocycles. The molecule has 21 heavy (non-hydrogen) atoms. The van der Waals surface area contributed by atoms with Gasteiger partial charge in [-0.15, -0.1) is 0 Å². The van der Waals surface area contributed by atoms with Crippen molar-refractivity contribution in [3.05, 3.63) is 58.5 Å². The zero-order valence-corrected chi connectivity index (χ0v) is 11.5. The van der Waals surface area contributed by atoms with Gasteiger partial charge in [0.25, 0.3) is 0 Å². The fourth-order valence-corrected chi connectivity index (χ4v) is 1.99. The van der Waals surface area contributed by atoms with Gasteiger partial charge < -0.3 is 5.32 Å². The number of anilines is 1. The van der Waals surface area contributed by atoms with E-state index in [0.717, 1.165) is 12.1 Å². The molecule has 1 aromatic carbocycles. The summed E-state index contributed by atoms with van der Waals surface area (Å²) in [5, 5.41) is 2.46. The smallest absolute Gasteiger partial charge is 0.370 e. The van der Waals surface area contributed by atoms with E-state index in [4.69, 9.17) is 11.6 Å². The van der Waals surface area contributed by atoms with Crippen molar-refractivity contribution in [2.75, 3.05) is 11.9 Å². The summed E-state index contributed by atoms with van der Waals surface area (Å²) in [4.78, 5) is 3.76. The second kappa shape index (κ2) is 6.30. The van der Waals surface area contributed by atoms with Crippen molar-refractivity contribution < 1.29 is 17.6 Å². The molecule has 0 unspecified atom stereocenters. The minimum absolute atomic E-state index is 0.00571. The average molecular weight is 319 g/mol. The van der Waals surface area contributed by atoms with Crippen LogP contribution in [0, 0.1) is 5.82 Å². The predicted molar refractivity (Wildman–Crippen MR) is 72.8 cm³/mol. The van der Waals surface area contributed by atoms with E-state index in [-0.39, 0.29) is 23.3 Å². The molecule has 0 saturated carbocycles. The number of hydrogen-bond acceptors (Lipinski definition) is 2. The first-order valence-corrected chi connectivity index (χ1v) is 6.46.